The highest BCUT2D eigenvalue weighted by Gasteiger charge is 1.95. The Morgan fingerprint density at radius 1 is 0.765 bits per heavy atom. The third kappa shape index (κ3) is 5.30. The molecule has 0 spiro atoms. The maximum Gasteiger partial charge on any atom is 0.0702 e. The minimum absolute atomic E-state index is 1.03. The molecule has 0 amide bonds. The van der Waals surface area contributed by atoms with Gasteiger partial charge in [0.25, 0.3) is 0 Å². The standard InChI is InChI=1S/C12H11N.2C2H6/c1-10-7-8-12(13-9-10)11-5-3-2-4-6-11;2*1-2/h2-9H,1H3;2*1-2H3. The summed E-state index contributed by atoms with van der Waals surface area (Å²) in [6.07, 6.45) is 1.89. The van der Waals surface area contributed by atoms with Crippen LogP contribution >= 0.6 is 0 Å². The number of pyridine rings is 1. The summed E-state index contributed by atoms with van der Waals surface area (Å²) in [7, 11) is 0. The van der Waals surface area contributed by atoms with Crippen molar-refractivity contribution in [1.29, 1.82) is 0 Å². The van der Waals surface area contributed by atoms with Crippen molar-refractivity contribution in [1.82, 2.24) is 4.98 Å². The van der Waals surface area contributed by atoms with Gasteiger partial charge in [-0.05, 0) is 18.6 Å². The fourth-order valence-corrected chi connectivity index (χ4v) is 1.25. The van der Waals surface area contributed by atoms with Gasteiger partial charge in [0.15, 0.2) is 0 Å². The molecule has 17 heavy (non-hydrogen) atoms. The minimum atomic E-state index is 1.03. The van der Waals surface area contributed by atoms with Crippen molar-refractivity contribution in [3.63, 3.8) is 0 Å². The molecule has 0 aliphatic carbocycles. The highest BCUT2D eigenvalue weighted by Crippen LogP contribution is 2.15. The number of aromatic nitrogens is 1. The first-order valence-electron chi connectivity index (χ1n) is 6.34. The maximum atomic E-state index is 4.35. The van der Waals surface area contributed by atoms with Gasteiger partial charge >= 0.3 is 0 Å². The second kappa shape index (κ2) is 9.59. The van der Waals surface area contributed by atoms with Crippen LogP contribution < -0.4 is 0 Å². The Morgan fingerprint density at radius 3 is 1.82 bits per heavy atom. The molecule has 0 saturated carbocycles. The second-order valence-electron chi connectivity index (χ2n) is 3.09. The monoisotopic (exact) mass is 229 g/mol. The van der Waals surface area contributed by atoms with E-state index in [0.717, 1.165) is 5.69 Å². The Kier molecular flexibility index (Phi) is 8.67. The molecule has 1 aromatic carbocycles. The quantitative estimate of drug-likeness (QED) is 0.662. The first-order chi connectivity index (χ1) is 8.36. The fraction of sp³-hybridized carbons (Fsp3) is 0.312. The summed E-state index contributed by atoms with van der Waals surface area (Å²) in [6.45, 7) is 10.0. The van der Waals surface area contributed by atoms with Gasteiger partial charge in [0.1, 0.15) is 0 Å². The molecule has 0 N–H and O–H groups in total. The molecule has 0 atom stereocenters. The van der Waals surface area contributed by atoms with Crippen molar-refractivity contribution in [2.24, 2.45) is 0 Å². The molecule has 0 radical (unpaired) electrons. The molecular formula is C16H23N. The molecule has 2 rings (SSSR count). The molecule has 0 unspecified atom stereocenters. The molecule has 92 valence electrons. The Hall–Kier alpha value is -1.63. The molecular weight excluding hydrogens is 206 g/mol. The molecule has 0 bridgehead atoms. The van der Waals surface area contributed by atoms with Gasteiger partial charge in [0.05, 0.1) is 5.69 Å². The molecule has 1 nitrogen and oxygen atoms in total. The zero-order chi connectivity index (χ0) is 13.1. The summed E-state index contributed by atoms with van der Waals surface area (Å²) < 4.78 is 0. The third-order valence-electron chi connectivity index (χ3n) is 1.98. The lowest BCUT2D eigenvalue weighted by molar-refractivity contribution is 1.27. The topological polar surface area (TPSA) is 12.9 Å². The zero-order valence-electron chi connectivity index (χ0n) is 11.6. The van der Waals surface area contributed by atoms with E-state index < -0.39 is 0 Å². The van der Waals surface area contributed by atoms with Crippen molar-refractivity contribution >= 4 is 0 Å². The summed E-state index contributed by atoms with van der Waals surface area (Å²) in [5, 5.41) is 0. The van der Waals surface area contributed by atoms with E-state index in [9.17, 15) is 0 Å². The summed E-state index contributed by atoms with van der Waals surface area (Å²) >= 11 is 0. The molecule has 0 aliphatic rings. The van der Waals surface area contributed by atoms with E-state index in [1.165, 1.54) is 11.1 Å². The van der Waals surface area contributed by atoms with E-state index in [1.54, 1.807) is 0 Å². The third-order valence-corrected chi connectivity index (χ3v) is 1.98. The van der Waals surface area contributed by atoms with E-state index in [1.807, 2.05) is 65.1 Å². The van der Waals surface area contributed by atoms with Crippen LogP contribution in [0.1, 0.15) is 33.3 Å². The van der Waals surface area contributed by atoms with E-state index >= 15 is 0 Å². The van der Waals surface area contributed by atoms with Crippen LogP contribution in [-0.2, 0) is 0 Å². The molecule has 1 heteroatoms. The van der Waals surface area contributed by atoms with E-state index in [-0.39, 0.29) is 0 Å². The second-order valence-corrected chi connectivity index (χ2v) is 3.09. The van der Waals surface area contributed by atoms with E-state index in [0.29, 0.717) is 0 Å². The predicted octanol–water partition coefficient (Wildman–Crippen LogP) is 5.11. The van der Waals surface area contributed by atoms with E-state index in [4.69, 9.17) is 0 Å². The van der Waals surface area contributed by atoms with Gasteiger partial charge in [0.2, 0.25) is 0 Å². The summed E-state index contributed by atoms with van der Waals surface area (Å²) in [4.78, 5) is 4.35. The van der Waals surface area contributed by atoms with Gasteiger partial charge in [-0.1, -0.05) is 64.1 Å². The van der Waals surface area contributed by atoms with Crippen LogP contribution in [0.2, 0.25) is 0 Å². The van der Waals surface area contributed by atoms with Gasteiger partial charge in [-0.2, -0.15) is 0 Å². The van der Waals surface area contributed by atoms with E-state index in [2.05, 4.69) is 23.2 Å². The molecule has 0 fully saturated rings. The zero-order valence-corrected chi connectivity index (χ0v) is 11.6. The lowest BCUT2D eigenvalue weighted by atomic mass is 10.1. The average molecular weight is 229 g/mol. The SMILES string of the molecule is CC.CC.Cc1ccc(-c2ccccc2)nc1. The molecule has 0 aliphatic heterocycles. The van der Waals surface area contributed by atoms with Crippen LogP contribution in [0.15, 0.2) is 48.7 Å². The molecule has 2 aromatic rings. The number of hydrogen-bond donors (Lipinski definition) is 0. The minimum Gasteiger partial charge on any atom is -0.256 e. The number of aryl methyl sites for hydroxylation is 1. The maximum absolute atomic E-state index is 4.35. The first kappa shape index (κ1) is 15.4. The molecule has 1 heterocycles. The number of nitrogens with zero attached hydrogens (tertiary/aromatic N) is 1. The van der Waals surface area contributed by atoms with Crippen LogP contribution in [0.3, 0.4) is 0 Å². The largest absolute Gasteiger partial charge is 0.256 e. The van der Waals surface area contributed by atoms with Gasteiger partial charge in [0, 0.05) is 11.8 Å². The highest BCUT2D eigenvalue weighted by molar-refractivity contribution is 5.58. The van der Waals surface area contributed by atoms with Crippen LogP contribution in [0, 0.1) is 6.92 Å². The van der Waals surface area contributed by atoms with Crippen LogP contribution in [0.4, 0.5) is 0 Å². The van der Waals surface area contributed by atoms with Crippen LogP contribution in [0.5, 0.6) is 0 Å². The first-order valence-corrected chi connectivity index (χ1v) is 6.34. The number of hydrogen-bond acceptors (Lipinski definition) is 1. The van der Waals surface area contributed by atoms with Gasteiger partial charge in [-0.15, -0.1) is 0 Å². The van der Waals surface area contributed by atoms with Gasteiger partial charge < -0.3 is 0 Å². The number of benzene rings is 1. The average Bonchev–Trinajstić information content (AvgIpc) is 2.45. The van der Waals surface area contributed by atoms with Crippen molar-refractivity contribution in [3.05, 3.63) is 54.2 Å². The van der Waals surface area contributed by atoms with Crippen LogP contribution in [0.25, 0.3) is 11.3 Å². The Morgan fingerprint density at radius 2 is 1.35 bits per heavy atom. The van der Waals surface area contributed by atoms with Crippen molar-refractivity contribution in [2.75, 3.05) is 0 Å². The van der Waals surface area contributed by atoms with Crippen molar-refractivity contribution in [2.45, 2.75) is 34.6 Å². The van der Waals surface area contributed by atoms with Crippen LogP contribution in [-0.4, -0.2) is 4.98 Å². The summed E-state index contributed by atoms with van der Waals surface area (Å²) in [6, 6.07) is 14.3. The Balaban J connectivity index is 0.000000581. The molecule has 1 aromatic heterocycles. The summed E-state index contributed by atoms with van der Waals surface area (Å²) in [5.74, 6) is 0. The van der Waals surface area contributed by atoms with Gasteiger partial charge in [-0.25, -0.2) is 0 Å². The van der Waals surface area contributed by atoms with Crippen molar-refractivity contribution in [3.8, 4) is 11.3 Å². The lowest BCUT2D eigenvalue weighted by Gasteiger charge is -1.99. The lowest BCUT2D eigenvalue weighted by Crippen LogP contribution is -1.82. The van der Waals surface area contributed by atoms with Gasteiger partial charge in [-0.3, -0.25) is 4.98 Å². The smallest absolute Gasteiger partial charge is 0.0702 e. The number of rotatable bonds is 1. The predicted molar refractivity (Wildman–Crippen MR) is 77.1 cm³/mol. The Labute approximate surface area is 106 Å². The van der Waals surface area contributed by atoms with Crippen molar-refractivity contribution < 1.29 is 0 Å². The highest BCUT2D eigenvalue weighted by atomic mass is 14.7. The fourth-order valence-electron chi connectivity index (χ4n) is 1.25. The summed E-state index contributed by atoms with van der Waals surface area (Å²) in [5.41, 5.74) is 3.40. The Bertz CT molecular complexity index is 376. The normalized spacial score (nSPS) is 8.29. The molecule has 0 saturated heterocycles.